The second-order valence-corrected chi connectivity index (χ2v) is 9.89. The summed E-state index contributed by atoms with van der Waals surface area (Å²) in [6.07, 6.45) is 0.309. The summed E-state index contributed by atoms with van der Waals surface area (Å²) in [5, 5.41) is 3.73. The van der Waals surface area contributed by atoms with E-state index < -0.39 is 24.1 Å². The molecule has 3 fully saturated rings. The van der Waals surface area contributed by atoms with Crippen molar-refractivity contribution in [1.29, 1.82) is 0 Å². The maximum Gasteiger partial charge on any atom is 0.328 e. The average molecular weight is 486 g/mol. The lowest BCUT2D eigenvalue weighted by Gasteiger charge is -2.45. The summed E-state index contributed by atoms with van der Waals surface area (Å²) < 4.78 is 14.4. The van der Waals surface area contributed by atoms with Crippen LogP contribution in [-0.4, -0.2) is 76.7 Å². The first kappa shape index (κ1) is 23.2. The van der Waals surface area contributed by atoms with E-state index in [-0.39, 0.29) is 29.3 Å². The van der Waals surface area contributed by atoms with E-state index in [2.05, 4.69) is 34.2 Å². The van der Waals surface area contributed by atoms with Gasteiger partial charge in [-0.3, -0.25) is 24.8 Å². The van der Waals surface area contributed by atoms with Gasteiger partial charge in [0.15, 0.2) is 0 Å². The SMILES string of the molecule is CC1CN(CCc2ccccc2)C2NC3C(C(=O)N(Cc4c(F)cccc4Cl)C(=O)N3C)N2C1. The number of halogens is 2. The van der Waals surface area contributed by atoms with E-state index in [1.54, 1.807) is 18.0 Å². The van der Waals surface area contributed by atoms with Gasteiger partial charge in [0, 0.05) is 37.3 Å². The topological polar surface area (TPSA) is 59.1 Å². The maximum atomic E-state index is 14.4. The number of carbonyl (C=O) groups is 2. The molecular formula is C25H29ClFN5O2. The second-order valence-electron chi connectivity index (χ2n) is 9.48. The molecule has 2 aromatic rings. The highest BCUT2D eigenvalue weighted by atomic mass is 35.5. The van der Waals surface area contributed by atoms with E-state index in [4.69, 9.17) is 11.6 Å². The quantitative estimate of drug-likeness (QED) is 0.705. The van der Waals surface area contributed by atoms with Gasteiger partial charge in [-0.1, -0.05) is 54.9 Å². The summed E-state index contributed by atoms with van der Waals surface area (Å²) >= 11 is 6.19. The first-order chi connectivity index (χ1) is 16.3. The van der Waals surface area contributed by atoms with Crippen molar-refractivity contribution in [2.24, 2.45) is 5.92 Å². The molecule has 180 valence electrons. The summed E-state index contributed by atoms with van der Waals surface area (Å²) in [5.74, 6) is -0.490. The highest BCUT2D eigenvalue weighted by molar-refractivity contribution is 6.31. The molecule has 0 spiro atoms. The van der Waals surface area contributed by atoms with Crippen LogP contribution >= 0.6 is 11.6 Å². The molecule has 2 aromatic carbocycles. The monoisotopic (exact) mass is 485 g/mol. The summed E-state index contributed by atoms with van der Waals surface area (Å²) in [6.45, 7) is 4.46. The van der Waals surface area contributed by atoms with Crippen LogP contribution < -0.4 is 5.32 Å². The predicted octanol–water partition coefficient (Wildman–Crippen LogP) is 2.95. The minimum absolute atomic E-state index is 0.147. The zero-order valence-electron chi connectivity index (χ0n) is 19.3. The van der Waals surface area contributed by atoms with Gasteiger partial charge in [-0.2, -0.15) is 0 Å². The van der Waals surface area contributed by atoms with Crippen molar-refractivity contribution < 1.29 is 14.0 Å². The molecule has 4 unspecified atom stereocenters. The van der Waals surface area contributed by atoms with Crippen molar-refractivity contribution in [3.8, 4) is 0 Å². The smallest absolute Gasteiger partial charge is 0.310 e. The molecule has 1 N–H and O–H groups in total. The molecule has 34 heavy (non-hydrogen) atoms. The van der Waals surface area contributed by atoms with Crippen molar-refractivity contribution >= 4 is 23.5 Å². The number of rotatable bonds is 5. The lowest BCUT2D eigenvalue weighted by molar-refractivity contribution is -0.141. The van der Waals surface area contributed by atoms with Gasteiger partial charge >= 0.3 is 6.03 Å². The number of nitrogens with zero attached hydrogens (tertiary/aromatic N) is 4. The Kier molecular flexibility index (Phi) is 6.33. The third-order valence-corrected chi connectivity index (χ3v) is 7.44. The van der Waals surface area contributed by atoms with Crippen molar-refractivity contribution in [2.75, 3.05) is 26.7 Å². The van der Waals surface area contributed by atoms with Gasteiger partial charge in [0.1, 0.15) is 24.3 Å². The van der Waals surface area contributed by atoms with Crippen molar-refractivity contribution in [1.82, 2.24) is 24.9 Å². The number of imide groups is 1. The van der Waals surface area contributed by atoms with Gasteiger partial charge in [0.25, 0.3) is 5.91 Å². The molecule has 7 nitrogen and oxygen atoms in total. The Balaban J connectivity index is 1.38. The standard InChI is InChI=1S/C25H29ClFN5O2/c1-16-13-30(12-11-17-7-4-3-5-8-17)24-28-22-21(31(24)14-16)23(33)32(25(34)29(22)2)15-18-19(26)9-6-10-20(18)27/h3-10,16,21-22,24,28H,11-15H2,1-2H3. The van der Waals surface area contributed by atoms with Gasteiger partial charge in [-0.05, 0) is 30.0 Å². The Hall–Kier alpha value is -2.52. The first-order valence-corrected chi connectivity index (χ1v) is 12.0. The van der Waals surface area contributed by atoms with Crippen LogP contribution in [0, 0.1) is 11.7 Å². The number of nitrogens with one attached hydrogen (secondary N) is 1. The van der Waals surface area contributed by atoms with Crippen LogP contribution in [0.3, 0.4) is 0 Å². The summed E-state index contributed by atoms with van der Waals surface area (Å²) in [4.78, 5) is 34.0. The van der Waals surface area contributed by atoms with E-state index in [1.165, 1.54) is 17.7 Å². The van der Waals surface area contributed by atoms with Gasteiger partial charge in [-0.15, -0.1) is 0 Å². The van der Waals surface area contributed by atoms with E-state index in [1.807, 2.05) is 18.2 Å². The van der Waals surface area contributed by atoms with Crippen LogP contribution in [0.5, 0.6) is 0 Å². The van der Waals surface area contributed by atoms with Crippen LogP contribution in [0.2, 0.25) is 5.02 Å². The molecule has 0 radical (unpaired) electrons. The van der Waals surface area contributed by atoms with Gasteiger partial charge in [-0.25, -0.2) is 9.18 Å². The van der Waals surface area contributed by atoms with E-state index >= 15 is 0 Å². The van der Waals surface area contributed by atoms with Crippen molar-refractivity contribution in [3.05, 3.63) is 70.5 Å². The number of carbonyl (C=O) groups excluding carboxylic acids is 2. The number of benzene rings is 2. The molecule has 3 heterocycles. The number of hydrogen-bond acceptors (Lipinski definition) is 5. The molecule has 0 bridgehead atoms. The minimum Gasteiger partial charge on any atom is -0.310 e. The fourth-order valence-corrected chi connectivity index (χ4v) is 5.62. The fraction of sp³-hybridized carbons (Fsp3) is 0.440. The zero-order chi connectivity index (χ0) is 24.0. The molecule has 3 saturated heterocycles. The molecule has 3 aliphatic rings. The largest absolute Gasteiger partial charge is 0.328 e. The second kappa shape index (κ2) is 9.26. The van der Waals surface area contributed by atoms with Gasteiger partial charge in [0.05, 0.1) is 6.54 Å². The average Bonchev–Trinajstić information content (AvgIpc) is 3.21. The third kappa shape index (κ3) is 4.09. The van der Waals surface area contributed by atoms with E-state index in [0.29, 0.717) is 5.92 Å². The molecular weight excluding hydrogens is 457 g/mol. The Morgan fingerprint density at radius 1 is 1.09 bits per heavy atom. The number of amides is 3. The maximum absolute atomic E-state index is 14.4. The van der Waals surface area contributed by atoms with Crippen LogP contribution in [0.15, 0.2) is 48.5 Å². The van der Waals surface area contributed by atoms with Crippen molar-refractivity contribution in [3.63, 3.8) is 0 Å². The van der Waals surface area contributed by atoms with E-state index in [9.17, 15) is 14.0 Å². The first-order valence-electron chi connectivity index (χ1n) is 11.7. The molecule has 0 saturated carbocycles. The Morgan fingerprint density at radius 2 is 1.85 bits per heavy atom. The molecule has 4 atom stereocenters. The molecule has 3 aliphatic heterocycles. The lowest BCUT2D eigenvalue weighted by Crippen LogP contribution is -2.66. The highest BCUT2D eigenvalue weighted by Crippen LogP contribution is 2.33. The van der Waals surface area contributed by atoms with Crippen LogP contribution in [0.1, 0.15) is 18.1 Å². The summed E-state index contributed by atoms with van der Waals surface area (Å²) in [6, 6.07) is 13.7. The van der Waals surface area contributed by atoms with Crippen molar-refractivity contribution in [2.45, 2.75) is 38.4 Å². The number of likely N-dealkylation sites (N-methyl/N-ethyl adjacent to an activating group) is 1. The number of urea groups is 1. The Bertz CT molecular complexity index is 1070. The fourth-order valence-electron chi connectivity index (χ4n) is 5.40. The Labute approximate surface area is 204 Å². The van der Waals surface area contributed by atoms with Gasteiger partial charge in [0.2, 0.25) is 0 Å². The summed E-state index contributed by atoms with van der Waals surface area (Å²) in [7, 11) is 1.69. The highest BCUT2D eigenvalue weighted by Gasteiger charge is 2.56. The summed E-state index contributed by atoms with van der Waals surface area (Å²) in [5.41, 5.74) is 1.41. The third-order valence-electron chi connectivity index (χ3n) is 7.08. The van der Waals surface area contributed by atoms with Crippen LogP contribution in [0.4, 0.5) is 9.18 Å². The lowest BCUT2D eigenvalue weighted by atomic mass is 10.0. The number of fused-ring (bicyclic) bond motifs is 3. The molecule has 5 rings (SSSR count). The van der Waals surface area contributed by atoms with Crippen LogP contribution in [-0.2, 0) is 17.8 Å². The minimum atomic E-state index is -0.541. The van der Waals surface area contributed by atoms with Gasteiger partial charge < -0.3 is 4.90 Å². The normalized spacial score (nSPS) is 27.8. The van der Waals surface area contributed by atoms with E-state index in [0.717, 1.165) is 31.0 Å². The predicted molar refractivity (Wildman–Crippen MR) is 127 cm³/mol. The Morgan fingerprint density at radius 3 is 2.59 bits per heavy atom. The number of hydrogen-bond donors (Lipinski definition) is 1. The zero-order valence-corrected chi connectivity index (χ0v) is 20.1. The molecule has 9 heteroatoms. The molecule has 0 aliphatic carbocycles. The van der Waals surface area contributed by atoms with Crippen LogP contribution in [0.25, 0.3) is 0 Å². The molecule has 3 amide bonds. The molecule has 0 aromatic heterocycles.